The van der Waals surface area contributed by atoms with E-state index < -0.39 is 24.4 Å². The van der Waals surface area contributed by atoms with Crippen LogP contribution in [-0.4, -0.2) is 50.4 Å². The Morgan fingerprint density at radius 2 is 1.77 bits per heavy atom. The number of aliphatic hydroxyl groups excluding tert-OH is 3. The lowest BCUT2D eigenvalue weighted by atomic mass is 9.86. The van der Waals surface area contributed by atoms with Gasteiger partial charge in [0.2, 0.25) is 11.8 Å². The zero-order chi connectivity index (χ0) is 21.3. The summed E-state index contributed by atoms with van der Waals surface area (Å²) in [5.74, 6) is 0.996. The summed E-state index contributed by atoms with van der Waals surface area (Å²) in [6.07, 6.45) is -2.24. The van der Waals surface area contributed by atoms with E-state index in [4.69, 9.17) is 9.15 Å². The molecule has 0 spiro atoms. The summed E-state index contributed by atoms with van der Waals surface area (Å²) in [5.41, 5.74) is 4.75. The van der Waals surface area contributed by atoms with E-state index in [2.05, 4.69) is 10.2 Å². The van der Waals surface area contributed by atoms with Crippen molar-refractivity contribution in [2.24, 2.45) is 0 Å². The van der Waals surface area contributed by atoms with Crippen molar-refractivity contribution in [3.05, 3.63) is 59.5 Å². The highest BCUT2D eigenvalue weighted by atomic mass is 16.5. The largest absolute Gasteiger partial charge is 0.421 e. The maximum atomic E-state index is 10.6. The van der Waals surface area contributed by atoms with Gasteiger partial charge in [-0.15, -0.1) is 10.2 Å². The first-order chi connectivity index (χ1) is 14.5. The van der Waals surface area contributed by atoms with E-state index in [0.29, 0.717) is 11.8 Å². The van der Waals surface area contributed by atoms with Crippen LogP contribution < -0.4 is 0 Å². The maximum Gasteiger partial charge on any atom is 0.247 e. The summed E-state index contributed by atoms with van der Waals surface area (Å²) in [6, 6.07) is 13.7. The van der Waals surface area contributed by atoms with Crippen LogP contribution in [0.15, 0.2) is 46.9 Å². The first-order valence-corrected chi connectivity index (χ1v) is 10.2. The van der Waals surface area contributed by atoms with Gasteiger partial charge < -0.3 is 24.5 Å². The Kier molecular flexibility index (Phi) is 5.97. The van der Waals surface area contributed by atoms with Gasteiger partial charge in [-0.1, -0.05) is 37.3 Å². The fourth-order valence-electron chi connectivity index (χ4n) is 4.07. The smallest absolute Gasteiger partial charge is 0.247 e. The molecule has 158 valence electrons. The van der Waals surface area contributed by atoms with Crippen LogP contribution in [0.25, 0.3) is 22.6 Å². The van der Waals surface area contributed by atoms with Gasteiger partial charge in [-0.3, -0.25) is 0 Å². The molecule has 4 rings (SSSR count). The third-order valence-corrected chi connectivity index (χ3v) is 5.59. The van der Waals surface area contributed by atoms with Gasteiger partial charge in [0.15, 0.2) is 0 Å². The molecule has 3 unspecified atom stereocenters. The SMILES string of the molecule is CCc1c(-c2ccc(-c3nnc(C)o3)cc2)cccc1[C@H]1OC(CO)CC(O)C1O. The highest BCUT2D eigenvalue weighted by Gasteiger charge is 2.38. The molecule has 1 saturated heterocycles. The van der Waals surface area contributed by atoms with Crippen molar-refractivity contribution in [3.8, 4) is 22.6 Å². The van der Waals surface area contributed by atoms with Crippen LogP contribution in [0.3, 0.4) is 0 Å². The predicted molar refractivity (Wildman–Crippen MR) is 111 cm³/mol. The fourth-order valence-corrected chi connectivity index (χ4v) is 4.07. The van der Waals surface area contributed by atoms with Gasteiger partial charge in [0.1, 0.15) is 12.2 Å². The molecule has 1 fully saturated rings. The van der Waals surface area contributed by atoms with Crippen molar-refractivity contribution in [3.63, 3.8) is 0 Å². The second-order valence-corrected chi connectivity index (χ2v) is 7.59. The number of benzene rings is 2. The molecule has 1 aromatic heterocycles. The molecule has 2 heterocycles. The number of hydrogen-bond acceptors (Lipinski definition) is 7. The van der Waals surface area contributed by atoms with Gasteiger partial charge in [-0.2, -0.15) is 0 Å². The van der Waals surface area contributed by atoms with Crippen LogP contribution in [0, 0.1) is 6.92 Å². The Morgan fingerprint density at radius 1 is 1.03 bits per heavy atom. The van der Waals surface area contributed by atoms with E-state index >= 15 is 0 Å². The Balaban J connectivity index is 1.70. The van der Waals surface area contributed by atoms with Gasteiger partial charge in [-0.05, 0) is 40.8 Å². The summed E-state index contributed by atoms with van der Waals surface area (Å²) in [4.78, 5) is 0. The minimum atomic E-state index is -1.04. The minimum Gasteiger partial charge on any atom is -0.421 e. The van der Waals surface area contributed by atoms with E-state index in [1.165, 1.54) is 0 Å². The average molecular weight is 410 g/mol. The van der Waals surface area contributed by atoms with Crippen LogP contribution in [0.1, 0.15) is 36.5 Å². The highest BCUT2D eigenvalue weighted by molar-refractivity contribution is 5.71. The summed E-state index contributed by atoms with van der Waals surface area (Å²) >= 11 is 0. The molecule has 1 aliphatic rings. The van der Waals surface area contributed by atoms with Gasteiger partial charge in [-0.25, -0.2) is 0 Å². The molecular weight excluding hydrogens is 384 g/mol. The molecule has 3 N–H and O–H groups in total. The number of aliphatic hydroxyl groups is 3. The molecule has 0 bridgehead atoms. The predicted octanol–water partition coefficient (Wildman–Crippen LogP) is 2.82. The molecule has 0 aliphatic carbocycles. The highest BCUT2D eigenvalue weighted by Crippen LogP contribution is 2.37. The second-order valence-electron chi connectivity index (χ2n) is 7.59. The monoisotopic (exact) mass is 410 g/mol. The summed E-state index contributed by atoms with van der Waals surface area (Å²) in [6.45, 7) is 3.61. The van der Waals surface area contributed by atoms with Crippen LogP contribution in [0.2, 0.25) is 0 Å². The van der Waals surface area contributed by atoms with E-state index in [1.807, 2.05) is 49.4 Å². The van der Waals surface area contributed by atoms with Crippen molar-refractivity contribution in [2.45, 2.75) is 51.1 Å². The standard InChI is InChI=1S/C23H26N2O5/c1-3-17-18(14-7-9-15(10-8-14)23-25-24-13(2)29-23)5-4-6-19(17)22-21(28)20(27)11-16(12-26)30-22/h4-10,16,20-22,26-28H,3,11-12H2,1-2H3/t16?,20?,21?,22-/m1/s1. The average Bonchev–Trinajstić information content (AvgIpc) is 3.21. The van der Waals surface area contributed by atoms with Gasteiger partial charge in [0, 0.05) is 18.9 Å². The molecule has 2 aromatic carbocycles. The van der Waals surface area contributed by atoms with Gasteiger partial charge in [0.25, 0.3) is 0 Å². The van der Waals surface area contributed by atoms with E-state index in [9.17, 15) is 15.3 Å². The molecule has 0 amide bonds. The Morgan fingerprint density at radius 3 is 2.40 bits per heavy atom. The normalized spacial score (nSPS) is 24.2. The van der Waals surface area contributed by atoms with Gasteiger partial charge in [0.05, 0.1) is 18.8 Å². The third kappa shape index (κ3) is 3.89. The van der Waals surface area contributed by atoms with E-state index in [0.717, 1.165) is 34.2 Å². The van der Waals surface area contributed by atoms with Crippen LogP contribution in [-0.2, 0) is 11.2 Å². The van der Waals surface area contributed by atoms with Crippen molar-refractivity contribution in [1.29, 1.82) is 0 Å². The molecule has 1 aliphatic heterocycles. The van der Waals surface area contributed by atoms with Gasteiger partial charge >= 0.3 is 0 Å². The lowest BCUT2D eigenvalue weighted by Crippen LogP contribution is -2.44. The molecule has 7 nitrogen and oxygen atoms in total. The third-order valence-electron chi connectivity index (χ3n) is 5.59. The minimum absolute atomic E-state index is 0.196. The van der Waals surface area contributed by atoms with Crippen LogP contribution >= 0.6 is 0 Å². The number of aryl methyl sites for hydroxylation is 1. The molecule has 3 aromatic rings. The van der Waals surface area contributed by atoms with Crippen molar-refractivity contribution in [2.75, 3.05) is 6.61 Å². The molecule has 7 heteroatoms. The Bertz CT molecular complexity index is 1000. The number of ether oxygens (including phenoxy) is 1. The van der Waals surface area contributed by atoms with Crippen molar-refractivity contribution < 1.29 is 24.5 Å². The van der Waals surface area contributed by atoms with Crippen LogP contribution in [0.4, 0.5) is 0 Å². The lowest BCUT2D eigenvalue weighted by molar-refractivity contribution is -0.179. The quantitative estimate of drug-likeness (QED) is 0.593. The number of hydrogen-bond donors (Lipinski definition) is 3. The van der Waals surface area contributed by atoms with Crippen LogP contribution in [0.5, 0.6) is 0 Å². The van der Waals surface area contributed by atoms with E-state index in [-0.39, 0.29) is 13.0 Å². The fraction of sp³-hybridized carbons (Fsp3) is 0.391. The van der Waals surface area contributed by atoms with Crippen molar-refractivity contribution >= 4 is 0 Å². The summed E-state index contributed by atoms with van der Waals surface area (Å²) < 4.78 is 11.4. The Labute approximate surface area is 175 Å². The zero-order valence-electron chi connectivity index (χ0n) is 17.0. The number of rotatable bonds is 5. The number of nitrogens with zero attached hydrogens (tertiary/aromatic N) is 2. The summed E-state index contributed by atoms with van der Waals surface area (Å²) in [5, 5.41) is 38.2. The molecular formula is C23H26N2O5. The topological polar surface area (TPSA) is 109 Å². The van der Waals surface area contributed by atoms with Crippen molar-refractivity contribution in [1.82, 2.24) is 10.2 Å². The zero-order valence-corrected chi connectivity index (χ0v) is 17.0. The van der Waals surface area contributed by atoms with E-state index in [1.54, 1.807) is 6.92 Å². The molecule has 0 radical (unpaired) electrons. The lowest BCUT2D eigenvalue weighted by Gasteiger charge is -2.37. The molecule has 0 saturated carbocycles. The first kappa shape index (κ1) is 20.7. The second kappa shape index (κ2) is 8.65. The molecule has 4 atom stereocenters. The maximum absolute atomic E-state index is 10.6. The Hall–Kier alpha value is -2.58. The molecule has 30 heavy (non-hydrogen) atoms. The number of aromatic nitrogens is 2. The first-order valence-electron chi connectivity index (χ1n) is 10.2. The summed E-state index contributed by atoms with van der Waals surface area (Å²) in [7, 11) is 0.